The molecule has 0 radical (unpaired) electrons. The van der Waals surface area contributed by atoms with Gasteiger partial charge in [-0.05, 0) is 23.3 Å². The zero-order valence-corrected chi connectivity index (χ0v) is 17.0. The predicted octanol–water partition coefficient (Wildman–Crippen LogP) is 2.09. The van der Waals surface area contributed by atoms with E-state index in [1.54, 1.807) is 37.1 Å². The van der Waals surface area contributed by atoms with E-state index in [1.165, 1.54) is 0 Å². The van der Waals surface area contributed by atoms with Crippen molar-refractivity contribution in [2.75, 3.05) is 34.5 Å². The van der Waals surface area contributed by atoms with Gasteiger partial charge in [0.15, 0.2) is 11.5 Å². The highest BCUT2D eigenvalue weighted by Crippen LogP contribution is 2.28. The normalized spacial score (nSPS) is 16.4. The third-order valence-corrected chi connectivity index (χ3v) is 4.92. The molecular formula is C22H26N2O5. The Labute approximate surface area is 170 Å². The standard InChI is InChI=1S/C22H26N2O5/c1-23(12-16-7-5-4-6-8-16)22(26)18-14-29-15-21(25)24(18)13-17-9-10-19(27-2)20(11-17)28-3/h4-11,18H,12-15H2,1-3H3/t18-/m0/s1. The number of morpholine rings is 1. The molecule has 7 nitrogen and oxygen atoms in total. The van der Waals surface area contributed by atoms with Crippen molar-refractivity contribution in [3.05, 3.63) is 59.7 Å². The van der Waals surface area contributed by atoms with Crippen molar-refractivity contribution in [3.63, 3.8) is 0 Å². The summed E-state index contributed by atoms with van der Waals surface area (Å²) in [6, 6.07) is 14.5. The van der Waals surface area contributed by atoms with Gasteiger partial charge in [0.1, 0.15) is 12.6 Å². The van der Waals surface area contributed by atoms with Crippen molar-refractivity contribution in [3.8, 4) is 11.5 Å². The van der Waals surface area contributed by atoms with Crippen LogP contribution in [0.25, 0.3) is 0 Å². The van der Waals surface area contributed by atoms with Crippen LogP contribution in [0.5, 0.6) is 11.5 Å². The van der Waals surface area contributed by atoms with Crippen molar-refractivity contribution in [1.29, 1.82) is 0 Å². The van der Waals surface area contributed by atoms with Gasteiger partial charge in [0.2, 0.25) is 11.8 Å². The quantitative estimate of drug-likeness (QED) is 0.714. The Morgan fingerprint density at radius 2 is 1.83 bits per heavy atom. The van der Waals surface area contributed by atoms with Gasteiger partial charge < -0.3 is 24.0 Å². The largest absolute Gasteiger partial charge is 0.493 e. The maximum Gasteiger partial charge on any atom is 0.249 e. The minimum Gasteiger partial charge on any atom is -0.493 e. The third kappa shape index (κ3) is 4.86. The van der Waals surface area contributed by atoms with Crippen LogP contribution in [0, 0.1) is 0 Å². The second-order valence-electron chi connectivity index (χ2n) is 6.92. The molecule has 0 spiro atoms. The van der Waals surface area contributed by atoms with Crippen LogP contribution in [0.3, 0.4) is 0 Å². The smallest absolute Gasteiger partial charge is 0.249 e. The van der Waals surface area contributed by atoms with Gasteiger partial charge in [0.05, 0.1) is 20.8 Å². The van der Waals surface area contributed by atoms with E-state index in [9.17, 15) is 9.59 Å². The summed E-state index contributed by atoms with van der Waals surface area (Å²) < 4.78 is 16.0. The molecule has 0 unspecified atom stereocenters. The predicted molar refractivity (Wildman–Crippen MR) is 108 cm³/mol. The zero-order chi connectivity index (χ0) is 20.8. The third-order valence-electron chi connectivity index (χ3n) is 4.92. The highest BCUT2D eigenvalue weighted by Gasteiger charge is 2.35. The van der Waals surface area contributed by atoms with Crippen molar-refractivity contribution in [2.24, 2.45) is 0 Å². The van der Waals surface area contributed by atoms with Crippen molar-refractivity contribution >= 4 is 11.8 Å². The van der Waals surface area contributed by atoms with E-state index in [2.05, 4.69) is 0 Å². The van der Waals surface area contributed by atoms with E-state index in [0.29, 0.717) is 18.0 Å². The summed E-state index contributed by atoms with van der Waals surface area (Å²) in [6.07, 6.45) is 0. The number of nitrogens with zero attached hydrogens (tertiary/aromatic N) is 2. The lowest BCUT2D eigenvalue weighted by atomic mass is 10.1. The molecule has 2 aromatic carbocycles. The second-order valence-corrected chi connectivity index (χ2v) is 6.92. The van der Waals surface area contributed by atoms with Crippen LogP contribution < -0.4 is 9.47 Å². The van der Waals surface area contributed by atoms with Crippen LogP contribution in [0.15, 0.2) is 48.5 Å². The lowest BCUT2D eigenvalue weighted by molar-refractivity contribution is -0.159. The summed E-state index contributed by atoms with van der Waals surface area (Å²) in [4.78, 5) is 28.8. The van der Waals surface area contributed by atoms with E-state index in [-0.39, 0.29) is 31.6 Å². The Morgan fingerprint density at radius 1 is 1.10 bits per heavy atom. The fourth-order valence-electron chi connectivity index (χ4n) is 3.37. The number of carbonyl (C=O) groups is 2. The Morgan fingerprint density at radius 3 is 2.52 bits per heavy atom. The number of carbonyl (C=O) groups excluding carboxylic acids is 2. The summed E-state index contributed by atoms with van der Waals surface area (Å²) in [7, 11) is 4.87. The summed E-state index contributed by atoms with van der Waals surface area (Å²) >= 11 is 0. The minimum atomic E-state index is -0.668. The Balaban J connectivity index is 1.76. The van der Waals surface area contributed by atoms with E-state index >= 15 is 0 Å². The molecule has 0 N–H and O–H groups in total. The lowest BCUT2D eigenvalue weighted by Gasteiger charge is -2.36. The number of amides is 2. The summed E-state index contributed by atoms with van der Waals surface area (Å²) in [5.74, 6) is 0.828. The van der Waals surface area contributed by atoms with Gasteiger partial charge in [-0.2, -0.15) is 0 Å². The molecule has 1 aliphatic rings. The average Bonchev–Trinajstić information content (AvgIpc) is 2.75. The molecule has 1 atom stereocenters. The van der Waals surface area contributed by atoms with Gasteiger partial charge in [-0.25, -0.2) is 0 Å². The SMILES string of the molecule is COc1ccc(CN2C(=O)COC[C@H]2C(=O)N(C)Cc2ccccc2)cc1OC. The van der Waals surface area contributed by atoms with Crippen LogP contribution in [-0.4, -0.2) is 62.1 Å². The van der Waals surface area contributed by atoms with E-state index < -0.39 is 6.04 Å². The van der Waals surface area contributed by atoms with Gasteiger partial charge in [-0.15, -0.1) is 0 Å². The first kappa shape index (κ1) is 20.7. The van der Waals surface area contributed by atoms with Gasteiger partial charge in [0.25, 0.3) is 0 Å². The first-order chi connectivity index (χ1) is 14.0. The van der Waals surface area contributed by atoms with E-state index in [0.717, 1.165) is 11.1 Å². The molecule has 154 valence electrons. The lowest BCUT2D eigenvalue weighted by Crippen LogP contribution is -2.56. The molecule has 0 saturated carbocycles. The molecular weight excluding hydrogens is 372 g/mol. The molecule has 1 heterocycles. The number of ether oxygens (including phenoxy) is 3. The van der Waals surface area contributed by atoms with Gasteiger partial charge >= 0.3 is 0 Å². The molecule has 0 aliphatic carbocycles. The Hall–Kier alpha value is -3.06. The van der Waals surface area contributed by atoms with Crippen molar-refractivity contribution in [2.45, 2.75) is 19.1 Å². The summed E-state index contributed by atoms with van der Waals surface area (Å²) in [5, 5.41) is 0. The number of likely N-dealkylation sites (N-methyl/N-ethyl adjacent to an activating group) is 1. The van der Waals surface area contributed by atoms with Crippen LogP contribution in [-0.2, 0) is 27.4 Å². The second kappa shape index (κ2) is 9.43. The molecule has 0 aromatic heterocycles. The van der Waals surface area contributed by atoms with E-state index in [1.807, 2.05) is 42.5 Å². The molecule has 3 rings (SSSR count). The van der Waals surface area contributed by atoms with Crippen LogP contribution in [0.1, 0.15) is 11.1 Å². The Bertz CT molecular complexity index is 856. The van der Waals surface area contributed by atoms with Crippen molar-refractivity contribution < 1.29 is 23.8 Å². The number of methoxy groups -OCH3 is 2. The number of hydrogen-bond acceptors (Lipinski definition) is 5. The number of benzene rings is 2. The van der Waals surface area contributed by atoms with Crippen LogP contribution in [0.2, 0.25) is 0 Å². The molecule has 2 amide bonds. The molecule has 0 bridgehead atoms. The highest BCUT2D eigenvalue weighted by molar-refractivity contribution is 5.89. The summed E-state index contributed by atoms with van der Waals surface area (Å²) in [6.45, 7) is 0.906. The highest BCUT2D eigenvalue weighted by atomic mass is 16.5. The van der Waals surface area contributed by atoms with Gasteiger partial charge in [-0.3, -0.25) is 9.59 Å². The fourth-order valence-corrected chi connectivity index (χ4v) is 3.37. The molecule has 1 saturated heterocycles. The van der Waals surface area contributed by atoms with Crippen LogP contribution >= 0.6 is 0 Å². The first-order valence-electron chi connectivity index (χ1n) is 9.40. The topological polar surface area (TPSA) is 68.3 Å². The van der Waals surface area contributed by atoms with Crippen molar-refractivity contribution in [1.82, 2.24) is 9.80 Å². The van der Waals surface area contributed by atoms with Gasteiger partial charge in [-0.1, -0.05) is 36.4 Å². The fraction of sp³-hybridized carbons (Fsp3) is 0.364. The monoisotopic (exact) mass is 398 g/mol. The number of hydrogen-bond donors (Lipinski definition) is 0. The van der Waals surface area contributed by atoms with Crippen LogP contribution in [0.4, 0.5) is 0 Å². The first-order valence-corrected chi connectivity index (χ1v) is 9.40. The molecule has 29 heavy (non-hydrogen) atoms. The molecule has 7 heteroatoms. The zero-order valence-electron chi connectivity index (χ0n) is 17.0. The van der Waals surface area contributed by atoms with E-state index in [4.69, 9.17) is 14.2 Å². The molecule has 2 aromatic rings. The van der Waals surface area contributed by atoms with Gasteiger partial charge in [0, 0.05) is 20.1 Å². The average molecular weight is 398 g/mol. The Kier molecular flexibility index (Phi) is 6.72. The molecule has 1 aliphatic heterocycles. The summed E-state index contributed by atoms with van der Waals surface area (Å²) in [5.41, 5.74) is 1.87. The minimum absolute atomic E-state index is 0.0283. The number of rotatable bonds is 7. The maximum absolute atomic E-state index is 13.1. The maximum atomic E-state index is 13.1. The molecule has 1 fully saturated rings.